The summed E-state index contributed by atoms with van der Waals surface area (Å²) in [7, 11) is 0. The van der Waals surface area contributed by atoms with E-state index in [1.165, 1.54) is 11.1 Å². The Balaban J connectivity index is 1.58. The molecule has 2 heterocycles. The fraction of sp³-hybridized carbons (Fsp3) is 0.526. The van der Waals surface area contributed by atoms with Gasteiger partial charge in [0.25, 0.3) is 0 Å². The number of hydrogen-bond acceptors (Lipinski definition) is 3. The van der Waals surface area contributed by atoms with Crippen molar-refractivity contribution in [2.45, 2.75) is 45.4 Å². The summed E-state index contributed by atoms with van der Waals surface area (Å²) in [5.41, 5.74) is 2.53. The van der Waals surface area contributed by atoms with E-state index in [2.05, 4.69) is 67.7 Å². The Hall–Kier alpha value is -1.65. The van der Waals surface area contributed by atoms with E-state index >= 15 is 0 Å². The van der Waals surface area contributed by atoms with Gasteiger partial charge in [-0.15, -0.1) is 0 Å². The lowest BCUT2D eigenvalue weighted by Crippen LogP contribution is -2.27. The summed E-state index contributed by atoms with van der Waals surface area (Å²) < 4.78 is 7.98. The molecule has 124 valence electrons. The van der Waals surface area contributed by atoms with Gasteiger partial charge in [0.05, 0.1) is 12.3 Å². The Morgan fingerprint density at radius 3 is 2.74 bits per heavy atom. The van der Waals surface area contributed by atoms with Crippen molar-refractivity contribution < 1.29 is 4.74 Å². The van der Waals surface area contributed by atoms with Crippen LogP contribution in [0, 0.1) is 5.92 Å². The van der Waals surface area contributed by atoms with Crippen LogP contribution >= 0.6 is 0 Å². The van der Waals surface area contributed by atoms with Gasteiger partial charge in [0.15, 0.2) is 0 Å². The molecule has 2 aromatic rings. The maximum Gasteiger partial charge on any atom is 0.0866 e. The van der Waals surface area contributed by atoms with Crippen LogP contribution in [-0.2, 0) is 4.74 Å². The third-order valence-electron chi connectivity index (χ3n) is 4.68. The van der Waals surface area contributed by atoms with Crippen molar-refractivity contribution in [1.29, 1.82) is 0 Å². The monoisotopic (exact) mass is 313 g/mol. The van der Waals surface area contributed by atoms with E-state index < -0.39 is 0 Å². The molecule has 0 unspecified atom stereocenters. The molecule has 1 aliphatic rings. The summed E-state index contributed by atoms with van der Waals surface area (Å²) in [6.45, 7) is 8.32. The Kier molecular flexibility index (Phi) is 5.13. The first-order valence-corrected chi connectivity index (χ1v) is 8.59. The van der Waals surface area contributed by atoms with Gasteiger partial charge in [0.1, 0.15) is 0 Å². The SMILES string of the molecule is CC(C)n1cc([C@H](C)NC[C@@H]2CCO[C@@H]2c2ccccc2)cn1. The smallest absolute Gasteiger partial charge is 0.0866 e. The predicted molar refractivity (Wildman–Crippen MR) is 92.3 cm³/mol. The molecular formula is C19H27N3O. The molecule has 0 saturated carbocycles. The topological polar surface area (TPSA) is 39.1 Å². The first-order chi connectivity index (χ1) is 11.1. The number of benzene rings is 1. The van der Waals surface area contributed by atoms with E-state index in [0.717, 1.165) is 19.6 Å². The first-order valence-electron chi connectivity index (χ1n) is 8.59. The summed E-state index contributed by atoms with van der Waals surface area (Å²) in [6, 6.07) is 11.3. The van der Waals surface area contributed by atoms with Gasteiger partial charge in [-0.25, -0.2) is 0 Å². The van der Waals surface area contributed by atoms with Crippen molar-refractivity contribution in [3.63, 3.8) is 0 Å². The molecule has 0 radical (unpaired) electrons. The number of rotatable bonds is 6. The highest BCUT2D eigenvalue weighted by Gasteiger charge is 2.29. The van der Waals surface area contributed by atoms with Crippen LogP contribution in [0.2, 0.25) is 0 Å². The third-order valence-corrected chi connectivity index (χ3v) is 4.68. The van der Waals surface area contributed by atoms with Crippen LogP contribution in [0.1, 0.15) is 56.5 Å². The van der Waals surface area contributed by atoms with E-state index in [9.17, 15) is 0 Å². The summed E-state index contributed by atoms with van der Waals surface area (Å²) in [6.07, 6.45) is 5.44. The van der Waals surface area contributed by atoms with E-state index in [1.807, 2.05) is 10.9 Å². The molecule has 1 aliphatic heterocycles. The Morgan fingerprint density at radius 1 is 1.26 bits per heavy atom. The lowest BCUT2D eigenvalue weighted by atomic mass is 9.95. The fourth-order valence-corrected chi connectivity index (χ4v) is 3.16. The second-order valence-corrected chi connectivity index (χ2v) is 6.73. The maximum atomic E-state index is 5.97. The van der Waals surface area contributed by atoms with Crippen LogP contribution in [0.25, 0.3) is 0 Å². The minimum absolute atomic E-state index is 0.217. The normalized spacial score (nSPS) is 22.6. The molecule has 3 atom stereocenters. The molecule has 0 bridgehead atoms. The average molecular weight is 313 g/mol. The van der Waals surface area contributed by atoms with Crippen LogP contribution in [0.15, 0.2) is 42.7 Å². The van der Waals surface area contributed by atoms with Gasteiger partial charge in [-0.3, -0.25) is 4.68 Å². The predicted octanol–water partition coefficient (Wildman–Crippen LogP) is 3.89. The van der Waals surface area contributed by atoms with Gasteiger partial charge in [0, 0.05) is 42.9 Å². The zero-order valence-electron chi connectivity index (χ0n) is 14.3. The second-order valence-electron chi connectivity index (χ2n) is 6.73. The average Bonchev–Trinajstić information content (AvgIpc) is 3.22. The highest BCUT2D eigenvalue weighted by molar-refractivity contribution is 5.19. The third kappa shape index (κ3) is 3.82. The number of nitrogens with zero attached hydrogens (tertiary/aromatic N) is 2. The van der Waals surface area contributed by atoms with Gasteiger partial charge in [-0.05, 0) is 32.8 Å². The molecule has 1 N–H and O–H groups in total. The van der Waals surface area contributed by atoms with E-state index in [0.29, 0.717) is 18.0 Å². The molecular weight excluding hydrogens is 286 g/mol. The van der Waals surface area contributed by atoms with E-state index in [-0.39, 0.29) is 6.10 Å². The van der Waals surface area contributed by atoms with Crippen molar-refractivity contribution in [1.82, 2.24) is 15.1 Å². The van der Waals surface area contributed by atoms with Gasteiger partial charge in [0.2, 0.25) is 0 Å². The zero-order valence-corrected chi connectivity index (χ0v) is 14.3. The molecule has 3 rings (SSSR count). The summed E-state index contributed by atoms with van der Waals surface area (Å²) >= 11 is 0. The van der Waals surface area contributed by atoms with Crippen molar-refractivity contribution in [2.24, 2.45) is 5.92 Å². The lowest BCUT2D eigenvalue weighted by Gasteiger charge is -2.21. The molecule has 0 amide bonds. The molecule has 1 aromatic carbocycles. The Bertz CT molecular complexity index is 608. The molecule has 1 aromatic heterocycles. The molecule has 0 spiro atoms. The van der Waals surface area contributed by atoms with Gasteiger partial charge >= 0.3 is 0 Å². The fourth-order valence-electron chi connectivity index (χ4n) is 3.16. The minimum atomic E-state index is 0.217. The van der Waals surface area contributed by atoms with E-state index in [4.69, 9.17) is 4.74 Å². The van der Waals surface area contributed by atoms with Gasteiger partial charge in [-0.2, -0.15) is 5.10 Å². The molecule has 4 heteroatoms. The lowest BCUT2D eigenvalue weighted by molar-refractivity contribution is 0.0899. The minimum Gasteiger partial charge on any atom is -0.373 e. The van der Waals surface area contributed by atoms with Crippen molar-refractivity contribution in [3.8, 4) is 0 Å². The number of ether oxygens (including phenoxy) is 1. The van der Waals surface area contributed by atoms with Crippen molar-refractivity contribution in [2.75, 3.05) is 13.2 Å². The molecule has 1 fully saturated rings. The molecule has 23 heavy (non-hydrogen) atoms. The quantitative estimate of drug-likeness (QED) is 0.879. The number of hydrogen-bond donors (Lipinski definition) is 1. The van der Waals surface area contributed by atoms with Crippen molar-refractivity contribution in [3.05, 3.63) is 53.9 Å². The highest BCUT2D eigenvalue weighted by Crippen LogP contribution is 2.34. The largest absolute Gasteiger partial charge is 0.373 e. The van der Waals surface area contributed by atoms with Crippen LogP contribution in [0.3, 0.4) is 0 Å². The van der Waals surface area contributed by atoms with Crippen molar-refractivity contribution >= 4 is 0 Å². The molecule has 0 aliphatic carbocycles. The van der Waals surface area contributed by atoms with E-state index in [1.54, 1.807) is 0 Å². The van der Waals surface area contributed by atoms with Crippen LogP contribution in [-0.4, -0.2) is 22.9 Å². The van der Waals surface area contributed by atoms with Gasteiger partial charge < -0.3 is 10.1 Å². The molecule has 1 saturated heterocycles. The van der Waals surface area contributed by atoms with Crippen LogP contribution in [0.5, 0.6) is 0 Å². The first kappa shape index (κ1) is 16.2. The summed E-state index contributed by atoms with van der Waals surface area (Å²) in [5, 5.41) is 8.09. The zero-order chi connectivity index (χ0) is 16.2. The second kappa shape index (κ2) is 7.28. The Morgan fingerprint density at radius 2 is 2.04 bits per heavy atom. The van der Waals surface area contributed by atoms with Crippen LogP contribution < -0.4 is 5.32 Å². The molecule has 4 nitrogen and oxygen atoms in total. The summed E-state index contributed by atoms with van der Waals surface area (Å²) in [5.74, 6) is 0.528. The summed E-state index contributed by atoms with van der Waals surface area (Å²) in [4.78, 5) is 0. The van der Waals surface area contributed by atoms with Crippen LogP contribution in [0.4, 0.5) is 0 Å². The number of aromatic nitrogens is 2. The Labute approximate surface area is 138 Å². The highest BCUT2D eigenvalue weighted by atomic mass is 16.5. The standard InChI is InChI=1S/C19H27N3O/c1-14(2)22-13-18(12-21-22)15(3)20-11-17-9-10-23-19(17)16-7-5-4-6-8-16/h4-8,12-15,17,19-20H,9-11H2,1-3H3/t15-,17-,19+/m0/s1. The van der Waals surface area contributed by atoms with Gasteiger partial charge in [-0.1, -0.05) is 30.3 Å². The maximum absolute atomic E-state index is 5.97. The number of nitrogens with one attached hydrogen (secondary N) is 1.